The third kappa shape index (κ3) is 5.89. The van der Waals surface area contributed by atoms with E-state index in [1.54, 1.807) is 55.6 Å². The van der Waals surface area contributed by atoms with Gasteiger partial charge in [-0.25, -0.2) is 0 Å². The number of alkyl halides is 3. The van der Waals surface area contributed by atoms with Crippen molar-refractivity contribution in [3.8, 4) is 0 Å². The molecule has 3 rings (SSSR count). The van der Waals surface area contributed by atoms with Crippen LogP contribution in [-0.2, 0) is 0 Å². The SMILES string of the molecule is CN(C(=O)c1ccccc1)c1cccc(C(=O)Nc2c(Br)cccc2SC(F)(F)F)c1. The fourth-order valence-electron chi connectivity index (χ4n) is 2.77. The van der Waals surface area contributed by atoms with Crippen molar-refractivity contribution in [1.29, 1.82) is 0 Å². The molecule has 0 aromatic heterocycles. The van der Waals surface area contributed by atoms with Crippen molar-refractivity contribution < 1.29 is 22.8 Å². The van der Waals surface area contributed by atoms with E-state index in [2.05, 4.69) is 21.2 Å². The van der Waals surface area contributed by atoms with E-state index < -0.39 is 11.4 Å². The molecule has 0 heterocycles. The number of hydrogen-bond acceptors (Lipinski definition) is 3. The van der Waals surface area contributed by atoms with E-state index in [9.17, 15) is 22.8 Å². The average molecular weight is 509 g/mol. The van der Waals surface area contributed by atoms with Crippen molar-refractivity contribution >= 4 is 50.9 Å². The highest BCUT2D eigenvalue weighted by molar-refractivity contribution is 9.10. The number of benzene rings is 3. The van der Waals surface area contributed by atoms with Crippen molar-refractivity contribution in [2.24, 2.45) is 0 Å². The summed E-state index contributed by atoms with van der Waals surface area (Å²) in [6, 6.07) is 19.2. The molecule has 2 amide bonds. The first-order valence-electron chi connectivity index (χ1n) is 8.94. The first-order valence-corrected chi connectivity index (χ1v) is 10.6. The molecule has 0 saturated heterocycles. The number of rotatable bonds is 5. The first kappa shape index (κ1) is 22.9. The minimum absolute atomic E-state index is 0.0222. The van der Waals surface area contributed by atoms with Gasteiger partial charge in [0.25, 0.3) is 11.8 Å². The highest BCUT2D eigenvalue weighted by atomic mass is 79.9. The van der Waals surface area contributed by atoms with Crippen molar-refractivity contribution in [3.63, 3.8) is 0 Å². The maximum atomic E-state index is 12.9. The van der Waals surface area contributed by atoms with Crippen LogP contribution in [0.2, 0.25) is 0 Å². The van der Waals surface area contributed by atoms with Gasteiger partial charge in [0.05, 0.1) is 5.69 Å². The van der Waals surface area contributed by atoms with Gasteiger partial charge in [-0.05, 0) is 70.2 Å². The van der Waals surface area contributed by atoms with Crippen LogP contribution in [-0.4, -0.2) is 24.4 Å². The molecule has 0 unspecified atom stereocenters. The zero-order valence-corrected chi connectivity index (χ0v) is 18.5. The van der Waals surface area contributed by atoms with Crippen LogP contribution >= 0.6 is 27.7 Å². The van der Waals surface area contributed by atoms with Gasteiger partial charge in [-0.2, -0.15) is 13.2 Å². The summed E-state index contributed by atoms with van der Waals surface area (Å²) in [5, 5.41) is 2.53. The Bertz CT molecular complexity index is 1110. The second-order valence-corrected chi connectivity index (χ2v) is 8.36. The summed E-state index contributed by atoms with van der Waals surface area (Å²) in [6.07, 6.45) is 0. The van der Waals surface area contributed by atoms with Crippen LogP contribution < -0.4 is 10.2 Å². The standard InChI is InChI=1S/C22H16BrF3N2O2S/c1-28(21(30)14-7-3-2-4-8-14)16-10-5-9-15(13-16)20(29)27-19-17(23)11-6-12-18(19)31-22(24,25)26/h2-13H,1H3,(H,27,29). The molecular formula is C22H16BrF3N2O2S. The summed E-state index contributed by atoms with van der Waals surface area (Å²) in [4.78, 5) is 26.7. The van der Waals surface area contributed by atoms with E-state index in [4.69, 9.17) is 0 Å². The number of anilines is 2. The van der Waals surface area contributed by atoms with E-state index >= 15 is 0 Å². The highest BCUT2D eigenvalue weighted by Crippen LogP contribution is 2.43. The van der Waals surface area contributed by atoms with Gasteiger partial charge in [0.1, 0.15) is 0 Å². The minimum Gasteiger partial charge on any atom is -0.320 e. The van der Waals surface area contributed by atoms with Crippen LogP contribution in [0, 0.1) is 0 Å². The van der Waals surface area contributed by atoms with Crippen molar-refractivity contribution in [2.45, 2.75) is 10.4 Å². The Morgan fingerprint density at radius 1 is 0.935 bits per heavy atom. The van der Waals surface area contributed by atoms with E-state index in [0.29, 0.717) is 15.7 Å². The van der Waals surface area contributed by atoms with Crippen molar-refractivity contribution in [2.75, 3.05) is 17.3 Å². The second-order valence-electron chi connectivity index (χ2n) is 6.40. The molecule has 0 bridgehead atoms. The number of carbonyl (C=O) groups excluding carboxylic acids is 2. The molecule has 3 aromatic rings. The molecule has 0 atom stereocenters. The van der Waals surface area contributed by atoms with Crippen molar-refractivity contribution in [1.82, 2.24) is 0 Å². The van der Waals surface area contributed by atoms with Crippen LogP contribution in [0.4, 0.5) is 24.5 Å². The molecule has 3 aromatic carbocycles. The fraction of sp³-hybridized carbons (Fsp3) is 0.0909. The second kappa shape index (κ2) is 9.57. The smallest absolute Gasteiger partial charge is 0.320 e. The third-order valence-electron chi connectivity index (χ3n) is 4.26. The molecule has 0 aliphatic heterocycles. The molecule has 4 nitrogen and oxygen atoms in total. The Labute approximate surface area is 189 Å². The lowest BCUT2D eigenvalue weighted by molar-refractivity contribution is -0.0328. The van der Waals surface area contributed by atoms with Gasteiger partial charge in [0.15, 0.2) is 0 Å². The first-order chi connectivity index (χ1) is 14.7. The minimum atomic E-state index is -4.50. The van der Waals surface area contributed by atoms with Gasteiger partial charge in [-0.15, -0.1) is 0 Å². The van der Waals surface area contributed by atoms with Gasteiger partial charge < -0.3 is 10.2 Å². The molecular weight excluding hydrogens is 493 g/mol. The summed E-state index contributed by atoms with van der Waals surface area (Å²) in [7, 11) is 1.58. The summed E-state index contributed by atoms with van der Waals surface area (Å²) in [5.41, 5.74) is -3.32. The van der Waals surface area contributed by atoms with Crippen LogP contribution in [0.5, 0.6) is 0 Å². The quantitative estimate of drug-likeness (QED) is 0.395. The number of halogens is 4. The van der Waals surface area contributed by atoms with Gasteiger partial charge in [0.2, 0.25) is 0 Å². The summed E-state index contributed by atoms with van der Waals surface area (Å²) in [6.45, 7) is 0. The number of thioether (sulfide) groups is 1. The summed E-state index contributed by atoms with van der Waals surface area (Å²) < 4.78 is 38.9. The summed E-state index contributed by atoms with van der Waals surface area (Å²) in [5.74, 6) is -0.855. The van der Waals surface area contributed by atoms with E-state index in [1.807, 2.05) is 0 Å². The van der Waals surface area contributed by atoms with E-state index in [0.717, 1.165) is 0 Å². The predicted octanol–water partition coefficient (Wildman–Crippen LogP) is 6.59. The van der Waals surface area contributed by atoms with Gasteiger partial charge in [-0.3, -0.25) is 9.59 Å². The Kier molecular flexibility index (Phi) is 7.07. The fourth-order valence-corrected chi connectivity index (χ4v) is 4.02. The van der Waals surface area contributed by atoms with Gasteiger partial charge >= 0.3 is 5.51 Å². The Morgan fingerprint density at radius 3 is 2.26 bits per heavy atom. The van der Waals surface area contributed by atoms with E-state index in [1.165, 1.54) is 29.2 Å². The Balaban J connectivity index is 1.84. The monoisotopic (exact) mass is 508 g/mol. The lowest BCUT2D eigenvalue weighted by Gasteiger charge is -2.18. The number of hydrogen-bond donors (Lipinski definition) is 1. The van der Waals surface area contributed by atoms with Gasteiger partial charge in [-0.1, -0.05) is 30.3 Å². The molecule has 0 saturated carbocycles. The maximum absolute atomic E-state index is 12.9. The molecule has 1 N–H and O–H groups in total. The van der Waals surface area contributed by atoms with Crippen LogP contribution in [0.15, 0.2) is 82.2 Å². The van der Waals surface area contributed by atoms with Crippen LogP contribution in [0.25, 0.3) is 0 Å². The zero-order valence-electron chi connectivity index (χ0n) is 16.1. The number of carbonyl (C=O) groups is 2. The molecule has 160 valence electrons. The zero-order chi connectivity index (χ0) is 22.6. The molecule has 9 heteroatoms. The molecule has 0 fully saturated rings. The normalized spacial score (nSPS) is 11.1. The lowest BCUT2D eigenvalue weighted by Crippen LogP contribution is -2.26. The Morgan fingerprint density at radius 2 is 1.58 bits per heavy atom. The van der Waals surface area contributed by atoms with Crippen molar-refractivity contribution in [3.05, 3.63) is 88.4 Å². The number of para-hydroxylation sites is 1. The molecule has 0 aliphatic carbocycles. The number of nitrogens with zero attached hydrogens (tertiary/aromatic N) is 1. The third-order valence-corrected chi connectivity index (χ3v) is 5.71. The molecule has 0 radical (unpaired) electrons. The predicted molar refractivity (Wildman–Crippen MR) is 120 cm³/mol. The van der Waals surface area contributed by atoms with E-state index in [-0.39, 0.29) is 33.8 Å². The number of amides is 2. The maximum Gasteiger partial charge on any atom is 0.446 e. The largest absolute Gasteiger partial charge is 0.446 e. The number of nitrogens with one attached hydrogen (secondary N) is 1. The molecule has 0 spiro atoms. The van der Waals surface area contributed by atoms with Gasteiger partial charge in [0, 0.05) is 33.2 Å². The van der Waals surface area contributed by atoms with Crippen LogP contribution in [0.1, 0.15) is 20.7 Å². The average Bonchev–Trinajstić information content (AvgIpc) is 2.74. The molecule has 0 aliphatic rings. The van der Waals surface area contributed by atoms with Crippen LogP contribution in [0.3, 0.4) is 0 Å². The Hall–Kier alpha value is -2.78. The lowest BCUT2D eigenvalue weighted by atomic mass is 10.1. The molecule has 31 heavy (non-hydrogen) atoms. The topological polar surface area (TPSA) is 49.4 Å². The summed E-state index contributed by atoms with van der Waals surface area (Å²) >= 11 is 2.88. The highest BCUT2D eigenvalue weighted by Gasteiger charge is 2.31.